The van der Waals surface area contributed by atoms with Crippen LogP contribution < -0.4 is 11.1 Å². The van der Waals surface area contributed by atoms with Crippen molar-refractivity contribution in [1.82, 2.24) is 19.6 Å². The van der Waals surface area contributed by atoms with Gasteiger partial charge in [0, 0.05) is 23.5 Å². The molecule has 0 unspecified atom stereocenters. The lowest BCUT2D eigenvalue weighted by Gasteiger charge is -2.10. The Hall–Kier alpha value is -3.49. The number of anilines is 2. The fraction of sp³-hybridized carbons (Fsp3) is 0.350. The molecule has 0 bridgehead atoms. The van der Waals surface area contributed by atoms with E-state index < -0.39 is 5.97 Å². The highest BCUT2D eigenvalue weighted by atomic mass is 16.5. The van der Waals surface area contributed by atoms with Crippen LogP contribution >= 0.6 is 0 Å². The summed E-state index contributed by atoms with van der Waals surface area (Å²) in [5.74, 6) is -0.269. The number of aromatic nitrogens is 4. The van der Waals surface area contributed by atoms with E-state index in [1.165, 1.54) is 5.56 Å². The van der Waals surface area contributed by atoms with Crippen molar-refractivity contribution in [3.63, 3.8) is 0 Å². The number of benzene rings is 1. The van der Waals surface area contributed by atoms with Crippen LogP contribution in [0.4, 0.5) is 11.6 Å². The lowest BCUT2D eigenvalue weighted by molar-refractivity contribution is -0.147. The van der Waals surface area contributed by atoms with E-state index in [1.54, 1.807) is 4.52 Å². The molecule has 0 aliphatic rings. The molecule has 2 heterocycles. The van der Waals surface area contributed by atoms with Crippen LogP contribution in [-0.2, 0) is 27.2 Å². The highest BCUT2D eigenvalue weighted by Crippen LogP contribution is 2.16. The quantitative estimate of drug-likeness (QED) is 0.585. The van der Waals surface area contributed by atoms with Gasteiger partial charge in [-0.15, -0.1) is 5.10 Å². The summed E-state index contributed by atoms with van der Waals surface area (Å²) in [6.45, 7) is 5.44. The summed E-state index contributed by atoms with van der Waals surface area (Å²) in [5.41, 5.74) is 9.92. The molecule has 0 spiro atoms. The van der Waals surface area contributed by atoms with Crippen molar-refractivity contribution in [2.45, 2.75) is 40.0 Å². The van der Waals surface area contributed by atoms with Gasteiger partial charge in [0.2, 0.25) is 5.95 Å². The zero-order valence-electron chi connectivity index (χ0n) is 16.7. The zero-order valence-corrected chi connectivity index (χ0v) is 16.7. The van der Waals surface area contributed by atoms with Gasteiger partial charge in [-0.05, 0) is 49.9 Å². The highest BCUT2D eigenvalue weighted by molar-refractivity contribution is 5.92. The number of fused-ring (bicyclic) bond motifs is 1. The van der Waals surface area contributed by atoms with Crippen molar-refractivity contribution in [2.24, 2.45) is 0 Å². The molecule has 1 aromatic carbocycles. The van der Waals surface area contributed by atoms with E-state index in [2.05, 4.69) is 27.3 Å². The molecule has 0 aliphatic heterocycles. The topological polar surface area (TPSA) is 124 Å². The summed E-state index contributed by atoms with van der Waals surface area (Å²) in [4.78, 5) is 32.5. The number of nitrogens with two attached hydrogens (primary N) is 1. The molecule has 9 heteroatoms. The average Bonchev–Trinajstić information content (AvgIpc) is 3.07. The van der Waals surface area contributed by atoms with Crippen molar-refractivity contribution in [2.75, 3.05) is 17.7 Å². The highest BCUT2D eigenvalue weighted by Gasteiger charge is 2.15. The fourth-order valence-electron chi connectivity index (χ4n) is 3.05. The maximum Gasteiger partial charge on any atom is 0.306 e. The van der Waals surface area contributed by atoms with Gasteiger partial charge in [0.25, 0.3) is 11.7 Å². The van der Waals surface area contributed by atoms with Crippen molar-refractivity contribution in [3.8, 4) is 0 Å². The summed E-state index contributed by atoms with van der Waals surface area (Å²) < 4.78 is 6.64. The maximum atomic E-state index is 12.1. The molecule has 3 rings (SSSR count). The van der Waals surface area contributed by atoms with Crippen LogP contribution in [0.1, 0.15) is 35.9 Å². The van der Waals surface area contributed by atoms with E-state index in [0.29, 0.717) is 17.9 Å². The van der Waals surface area contributed by atoms with E-state index in [9.17, 15) is 9.59 Å². The number of carbonyl (C=O) groups is 2. The van der Waals surface area contributed by atoms with Crippen LogP contribution in [0.2, 0.25) is 0 Å². The third-order valence-corrected chi connectivity index (χ3v) is 4.65. The van der Waals surface area contributed by atoms with Gasteiger partial charge in [-0.25, -0.2) is 4.98 Å². The predicted molar refractivity (Wildman–Crippen MR) is 108 cm³/mol. The largest absolute Gasteiger partial charge is 0.456 e. The first-order chi connectivity index (χ1) is 13.9. The minimum atomic E-state index is -0.460. The van der Waals surface area contributed by atoms with Gasteiger partial charge >= 0.3 is 5.97 Å². The Morgan fingerprint density at radius 3 is 2.59 bits per heavy atom. The van der Waals surface area contributed by atoms with Gasteiger partial charge in [-0.2, -0.15) is 9.50 Å². The van der Waals surface area contributed by atoms with Crippen LogP contribution in [0.3, 0.4) is 0 Å². The van der Waals surface area contributed by atoms with Crippen LogP contribution in [-0.4, -0.2) is 38.1 Å². The lowest BCUT2D eigenvalue weighted by Crippen LogP contribution is -2.21. The summed E-state index contributed by atoms with van der Waals surface area (Å²) in [5, 5.41) is 6.81. The lowest BCUT2D eigenvalue weighted by atomic mass is 10.1. The van der Waals surface area contributed by atoms with Crippen LogP contribution in [0, 0.1) is 13.8 Å². The van der Waals surface area contributed by atoms with Gasteiger partial charge in [-0.1, -0.05) is 19.1 Å². The standard InChI is InChI=1S/C20H24N6O3/c1-4-14-5-7-15(8-6-14)23-17(27)11-29-18(28)10-9-16-12(2)22-20-24-19(21)25-26(20)13(16)3/h5-8H,4,9-11H2,1-3H3,(H2,21,25)(H,23,27). The monoisotopic (exact) mass is 396 g/mol. The Balaban J connectivity index is 1.52. The van der Waals surface area contributed by atoms with Gasteiger partial charge in [0.05, 0.1) is 0 Å². The molecule has 0 radical (unpaired) electrons. The first-order valence-electron chi connectivity index (χ1n) is 9.40. The van der Waals surface area contributed by atoms with Gasteiger partial charge < -0.3 is 15.8 Å². The number of nitrogens with zero attached hydrogens (tertiary/aromatic N) is 4. The van der Waals surface area contributed by atoms with E-state index in [0.717, 1.165) is 23.4 Å². The summed E-state index contributed by atoms with van der Waals surface area (Å²) in [7, 11) is 0. The first kappa shape index (κ1) is 20.2. The van der Waals surface area contributed by atoms with Crippen molar-refractivity contribution in [3.05, 3.63) is 46.8 Å². The SMILES string of the molecule is CCc1ccc(NC(=O)COC(=O)CCc2c(C)nc3nc(N)nn3c2C)cc1. The Morgan fingerprint density at radius 2 is 1.90 bits per heavy atom. The molecule has 3 aromatic rings. The second-order valence-corrected chi connectivity index (χ2v) is 6.70. The van der Waals surface area contributed by atoms with E-state index in [-0.39, 0.29) is 24.9 Å². The van der Waals surface area contributed by atoms with Crippen LogP contribution in [0.5, 0.6) is 0 Å². The Morgan fingerprint density at radius 1 is 1.17 bits per heavy atom. The Labute approximate surface area is 168 Å². The molecule has 2 aromatic heterocycles. The third kappa shape index (κ3) is 4.87. The number of carbonyl (C=O) groups excluding carboxylic acids is 2. The third-order valence-electron chi connectivity index (χ3n) is 4.65. The van der Waals surface area contributed by atoms with Gasteiger partial charge in [-0.3, -0.25) is 9.59 Å². The molecule has 152 valence electrons. The molecule has 0 aliphatic carbocycles. The number of ether oxygens (including phenoxy) is 1. The molecule has 9 nitrogen and oxygen atoms in total. The number of esters is 1. The molecule has 1 amide bonds. The second-order valence-electron chi connectivity index (χ2n) is 6.70. The molecule has 0 saturated carbocycles. The summed E-state index contributed by atoms with van der Waals surface area (Å²) in [6.07, 6.45) is 1.47. The second kappa shape index (κ2) is 8.68. The summed E-state index contributed by atoms with van der Waals surface area (Å²) in [6, 6.07) is 7.54. The van der Waals surface area contributed by atoms with Crippen LogP contribution in [0.25, 0.3) is 5.78 Å². The van der Waals surface area contributed by atoms with Gasteiger partial charge in [0.15, 0.2) is 6.61 Å². The smallest absolute Gasteiger partial charge is 0.306 e. The predicted octanol–water partition coefficient (Wildman–Crippen LogP) is 2.00. The zero-order chi connectivity index (χ0) is 21.0. The summed E-state index contributed by atoms with van der Waals surface area (Å²) >= 11 is 0. The van der Waals surface area contributed by atoms with Crippen LogP contribution in [0.15, 0.2) is 24.3 Å². The molecule has 0 fully saturated rings. The Kier molecular flexibility index (Phi) is 6.06. The first-order valence-corrected chi connectivity index (χ1v) is 9.40. The number of aryl methyl sites for hydroxylation is 3. The molecule has 0 atom stereocenters. The number of hydrogen-bond acceptors (Lipinski definition) is 7. The molecule has 0 saturated heterocycles. The minimum absolute atomic E-state index is 0.123. The minimum Gasteiger partial charge on any atom is -0.456 e. The number of rotatable bonds is 7. The number of nitrogen functional groups attached to an aromatic ring is 1. The van der Waals surface area contributed by atoms with E-state index in [4.69, 9.17) is 10.5 Å². The average molecular weight is 396 g/mol. The van der Waals surface area contributed by atoms with E-state index >= 15 is 0 Å². The molecular formula is C20H24N6O3. The van der Waals surface area contributed by atoms with Crippen molar-refractivity contribution < 1.29 is 14.3 Å². The van der Waals surface area contributed by atoms with Crippen molar-refractivity contribution in [1.29, 1.82) is 0 Å². The number of amides is 1. The number of hydrogen-bond donors (Lipinski definition) is 2. The Bertz CT molecular complexity index is 1040. The molecular weight excluding hydrogens is 372 g/mol. The fourth-order valence-corrected chi connectivity index (χ4v) is 3.05. The maximum absolute atomic E-state index is 12.1. The normalized spacial score (nSPS) is 10.9. The molecule has 29 heavy (non-hydrogen) atoms. The van der Waals surface area contributed by atoms with Gasteiger partial charge in [0.1, 0.15) is 0 Å². The van der Waals surface area contributed by atoms with Crippen molar-refractivity contribution >= 4 is 29.3 Å². The van der Waals surface area contributed by atoms with E-state index in [1.807, 2.05) is 38.1 Å². The number of nitrogens with one attached hydrogen (secondary N) is 1. The molecule has 3 N–H and O–H groups in total.